The molecule has 9 heteroatoms. The van der Waals surface area contributed by atoms with Crippen molar-refractivity contribution in [3.05, 3.63) is 35.4 Å². The number of fused-ring (bicyclic) bond motifs is 1. The number of anilines is 1. The van der Waals surface area contributed by atoms with Gasteiger partial charge < -0.3 is 9.73 Å². The van der Waals surface area contributed by atoms with Gasteiger partial charge >= 0.3 is 0 Å². The summed E-state index contributed by atoms with van der Waals surface area (Å²) in [6.45, 7) is 0.697. The number of aromatic nitrogens is 1. The molecule has 3 fully saturated rings. The summed E-state index contributed by atoms with van der Waals surface area (Å²) in [5.41, 5.74) is 0.672. The number of Topliss-reactive ketones (excluding diaryl/α,β-unsaturated/α-hetero) is 1. The minimum absolute atomic E-state index is 0.0335. The maximum absolute atomic E-state index is 13.4. The number of thiazole rings is 1. The number of rotatable bonds is 7. The number of amides is 2. The molecule has 2 saturated carbocycles. The highest BCUT2D eigenvalue weighted by atomic mass is 32.1. The minimum atomic E-state index is -0.935. The van der Waals surface area contributed by atoms with E-state index in [0.29, 0.717) is 36.5 Å². The van der Waals surface area contributed by atoms with Crippen LogP contribution in [0.4, 0.5) is 5.13 Å². The lowest BCUT2D eigenvalue weighted by atomic mass is 9.75. The highest BCUT2D eigenvalue weighted by Crippen LogP contribution is 2.49. The van der Waals surface area contributed by atoms with Crippen LogP contribution in [-0.2, 0) is 9.59 Å². The highest BCUT2D eigenvalue weighted by molar-refractivity contribution is 7.14. The number of hydrogen-bond donors (Lipinski definition) is 1. The summed E-state index contributed by atoms with van der Waals surface area (Å²) in [6.07, 6.45) is 7.07. The Kier molecular flexibility index (Phi) is 5.87. The summed E-state index contributed by atoms with van der Waals surface area (Å²) >= 11 is 1.44. The van der Waals surface area contributed by atoms with Crippen LogP contribution in [0.25, 0.3) is 22.2 Å². The van der Waals surface area contributed by atoms with Crippen molar-refractivity contribution in [1.29, 1.82) is 5.26 Å². The van der Waals surface area contributed by atoms with Crippen molar-refractivity contribution in [1.82, 2.24) is 10.3 Å². The number of nitrogens with zero attached hydrogens (tertiary/aromatic N) is 3. The van der Waals surface area contributed by atoms with Crippen LogP contribution in [0, 0.1) is 16.7 Å². The molecule has 0 radical (unpaired) electrons. The molecule has 2 aromatic heterocycles. The van der Waals surface area contributed by atoms with Gasteiger partial charge in [-0.25, -0.2) is 4.98 Å². The zero-order valence-electron chi connectivity index (χ0n) is 20.5. The monoisotopic (exact) mass is 516 g/mol. The first-order valence-electron chi connectivity index (χ1n) is 13.0. The fourth-order valence-electron chi connectivity index (χ4n) is 5.54. The van der Waals surface area contributed by atoms with E-state index in [1.54, 1.807) is 11.0 Å². The van der Waals surface area contributed by atoms with Gasteiger partial charge in [-0.1, -0.05) is 31.4 Å². The average Bonchev–Trinajstić information content (AvgIpc) is 3.25. The predicted molar refractivity (Wildman–Crippen MR) is 139 cm³/mol. The number of carbonyl (C=O) groups is 3. The number of nitrogens with one attached hydrogen (secondary N) is 1. The van der Waals surface area contributed by atoms with E-state index in [4.69, 9.17) is 4.42 Å². The van der Waals surface area contributed by atoms with E-state index in [9.17, 15) is 19.6 Å². The lowest BCUT2D eigenvalue weighted by Crippen LogP contribution is -2.56. The van der Waals surface area contributed by atoms with E-state index < -0.39 is 16.9 Å². The molecule has 8 nitrogen and oxygen atoms in total. The number of hydrogen-bond acceptors (Lipinski definition) is 7. The molecule has 2 amide bonds. The van der Waals surface area contributed by atoms with Gasteiger partial charge in [0.25, 0.3) is 5.91 Å². The molecule has 0 spiro atoms. The van der Waals surface area contributed by atoms with Gasteiger partial charge in [0.15, 0.2) is 16.7 Å². The first kappa shape index (κ1) is 23.9. The van der Waals surface area contributed by atoms with Crippen molar-refractivity contribution in [3.63, 3.8) is 0 Å². The van der Waals surface area contributed by atoms with Gasteiger partial charge in [0.1, 0.15) is 5.58 Å². The lowest BCUT2D eigenvalue weighted by Gasteiger charge is -2.37. The summed E-state index contributed by atoms with van der Waals surface area (Å²) in [4.78, 5) is 45.1. The Hall–Kier alpha value is -3.51. The number of nitriles is 1. The molecule has 1 aliphatic heterocycles. The third-order valence-corrected chi connectivity index (χ3v) is 8.88. The van der Waals surface area contributed by atoms with Gasteiger partial charge in [-0.3, -0.25) is 19.3 Å². The zero-order valence-corrected chi connectivity index (χ0v) is 21.4. The third kappa shape index (κ3) is 4.44. The van der Waals surface area contributed by atoms with Crippen LogP contribution in [0.3, 0.4) is 0 Å². The van der Waals surface area contributed by atoms with Gasteiger partial charge in [0.05, 0.1) is 22.7 Å². The molecule has 2 aliphatic carbocycles. The summed E-state index contributed by atoms with van der Waals surface area (Å²) < 4.78 is 5.95. The molecule has 0 bridgehead atoms. The van der Waals surface area contributed by atoms with Crippen molar-refractivity contribution in [2.24, 2.45) is 5.41 Å². The predicted octanol–water partition coefficient (Wildman–Crippen LogP) is 5.38. The first-order chi connectivity index (χ1) is 17.9. The van der Waals surface area contributed by atoms with Crippen LogP contribution < -0.4 is 10.2 Å². The molecule has 1 N–H and O–H groups in total. The second kappa shape index (κ2) is 9.10. The van der Waals surface area contributed by atoms with Crippen molar-refractivity contribution in [3.8, 4) is 17.3 Å². The zero-order chi connectivity index (χ0) is 25.6. The standard InChI is InChI=1S/C28H28N4O4S/c29-17-27(10-11-27)15-23(33)28(8-2-1-3-9-28)31-25(35)22-14-19-7-6-18(13-21(19)36-22)20-16-37-26(30-20)32-12-4-5-24(32)34/h6-7,13-14,16H,1-5,8-12,15H2,(H,31,35). The Morgan fingerprint density at radius 2 is 1.95 bits per heavy atom. The molecule has 37 heavy (non-hydrogen) atoms. The van der Waals surface area contributed by atoms with Gasteiger partial charge in [0.2, 0.25) is 5.91 Å². The van der Waals surface area contributed by atoms with E-state index in [-0.39, 0.29) is 23.9 Å². The molecule has 3 heterocycles. The molecule has 6 rings (SSSR count). The minimum Gasteiger partial charge on any atom is -0.451 e. The van der Waals surface area contributed by atoms with Gasteiger partial charge in [-0.15, -0.1) is 11.3 Å². The van der Waals surface area contributed by atoms with Crippen molar-refractivity contribution in [2.45, 2.75) is 69.7 Å². The third-order valence-electron chi connectivity index (χ3n) is 8.02. The van der Waals surface area contributed by atoms with Crippen molar-refractivity contribution in [2.75, 3.05) is 11.4 Å². The van der Waals surface area contributed by atoms with E-state index in [2.05, 4.69) is 16.4 Å². The summed E-state index contributed by atoms with van der Waals surface area (Å²) in [7, 11) is 0. The van der Waals surface area contributed by atoms with Gasteiger partial charge in [0, 0.05) is 35.7 Å². The number of benzene rings is 1. The lowest BCUT2D eigenvalue weighted by molar-refractivity contribution is -0.127. The van der Waals surface area contributed by atoms with Crippen LogP contribution in [-0.4, -0.2) is 34.7 Å². The highest BCUT2D eigenvalue weighted by Gasteiger charge is 2.50. The Morgan fingerprint density at radius 1 is 1.14 bits per heavy atom. The largest absolute Gasteiger partial charge is 0.451 e. The van der Waals surface area contributed by atoms with Crippen LogP contribution in [0.5, 0.6) is 0 Å². The molecule has 3 aromatic rings. The molecular weight excluding hydrogens is 488 g/mol. The van der Waals surface area contributed by atoms with Crippen LogP contribution in [0.1, 0.15) is 74.8 Å². The maximum Gasteiger partial charge on any atom is 0.287 e. The second-order valence-corrected chi connectivity index (χ2v) is 11.5. The molecule has 3 aliphatic rings. The normalized spacial score (nSPS) is 20.1. The number of furan rings is 1. The fourth-order valence-corrected chi connectivity index (χ4v) is 6.41. The van der Waals surface area contributed by atoms with E-state index in [1.165, 1.54) is 11.3 Å². The van der Waals surface area contributed by atoms with Gasteiger partial charge in [-0.2, -0.15) is 5.26 Å². The Morgan fingerprint density at radius 3 is 2.65 bits per heavy atom. The van der Waals surface area contributed by atoms with Gasteiger partial charge in [-0.05, 0) is 44.2 Å². The van der Waals surface area contributed by atoms with Crippen LogP contribution in [0.2, 0.25) is 0 Å². The SMILES string of the molecule is N#CC1(CC(=O)C2(NC(=O)c3cc4ccc(-c5csc(N6CCCC6=O)n5)cc4o3)CCCCC2)CC1. The molecule has 1 saturated heterocycles. The molecule has 190 valence electrons. The van der Waals surface area contributed by atoms with Crippen LogP contribution in [0.15, 0.2) is 34.1 Å². The Balaban J connectivity index is 1.22. The molecule has 0 unspecified atom stereocenters. The first-order valence-corrected chi connectivity index (χ1v) is 13.9. The average molecular weight is 517 g/mol. The molecule has 1 aromatic carbocycles. The number of ketones is 1. The Labute approximate surface area is 218 Å². The molecule has 0 atom stereocenters. The molecular formula is C28H28N4O4S. The van der Waals surface area contributed by atoms with Crippen molar-refractivity contribution < 1.29 is 18.8 Å². The fraction of sp³-hybridized carbons (Fsp3) is 0.464. The summed E-state index contributed by atoms with van der Waals surface area (Å²) in [5, 5.41) is 15.9. The Bertz CT molecular complexity index is 1440. The van der Waals surface area contributed by atoms with Crippen molar-refractivity contribution >= 4 is 45.0 Å². The van der Waals surface area contributed by atoms with E-state index >= 15 is 0 Å². The van der Waals surface area contributed by atoms with E-state index in [1.807, 2.05) is 23.6 Å². The summed E-state index contributed by atoms with van der Waals surface area (Å²) in [5.74, 6) is -0.174. The quantitative estimate of drug-likeness (QED) is 0.451. The topological polar surface area (TPSA) is 116 Å². The summed E-state index contributed by atoms with van der Waals surface area (Å²) in [6, 6.07) is 9.66. The smallest absolute Gasteiger partial charge is 0.287 e. The van der Waals surface area contributed by atoms with E-state index in [0.717, 1.165) is 55.2 Å². The second-order valence-electron chi connectivity index (χ2n) is 10.6. The van der Waals surface area contributed by atoms with Crippen LogP contribution >= 0.6 is 11.3 Å². The number of carbonyl (C=O) groups excluding carboxylic acids is 3. The maximum atomic E-state index is 13.4.